The van der Waals surface area contributed by atoms with E-state index in [0.29, 0.717) is 11.4 Å². The highest BCUT2D eigenvalue weighted by Gasteiger charge is 2.15. The lowest BCUT2D eigenvalue weighted by atomic mass is 10.1. The molecule has 134 valence electrons. The minimum absolute atomic E-state index is 0.144. The van der Waals surface area contributed by atoms with Gasteiger partial charge in [0.15, 0.2) is 0 Å². The Kier molecular flexibility index (Phi) is 5.75. The molecule has 0 fully saturated rings. The van der Waals surface area contributed by atoms with Crippen molar-refractivity contribution in [3.05, 3.63) is 76.1 Å². The van der Waals surface area contributed by atoms with Crippen LogP contribution in [-0.2, 0) is 21.2 Å². The maximum atomic E-state index is 12.2. The number of benzene rings is 2. The summed E-state index contributed by atoms with van der Waals surface area (Å²) in [5, 5.41) is 4.53. The van der Waals surface area contributed by atoms with Gasteiger partial charge in [0.2, 0.25) is 5.91 Å². The van der Waals surface area contributed by atoms with E-state index in [1.165, 1.54) is 0 Å². The fourth-order valence-electron chi connectivity index (χ4n) is 2.27. The summed E-state index contributed by atoms with van der Waals surface area (Å²) in [5.41, 5.74) is 1.95. The molecule has 2 aromatic carbocycles. The zero-order valence-corrected chi connectivity index (χ0v) is 16.7. The minimum atomic E-state index is -3.57. The smallest absolute Gasteiger partial charge is 0.271 e. The second-order valence-electron chi connectivity index (χ2n) is 5.47. The summed E-state index contributed by atoms with van der Waals surface area (Å²) in [4.78, 5) is 12.1. The van der Waals surface area contributed by atoms with E-state index in [1.807, 2.05) is 24.3 Å². The second kappa shape index (κ2) is 8.03. The number of carbonyl (C=O) groups is 1. The van der Waals surface area contributed by atoms with E-state index >= 15 is 0 Å². The van der Waals surface area contributed by atoms with Crippen LogP contribution in [0.25, 0.3) is 0 Å². The van der Waals surface area contributed by atoms with Gasteiger partial charge in [-0.1, -0.05) is 40.2 Å². The van der Waals surface area contributed by atoms with Gasteiger partial charge >= 0.3 is 0 Å². The van der Waals surface area contributed by atoms with Crippen LogP contribution in [0, 0.1) is 0 Å². The lowest BCUT2D eigenvalue weighted by molar-refractivity contribution is -0.115. The van der Waals surface area contributed by atoms with Gasteiger partial charge in [0.1, 0.15) is 4.21 Å². The van der Waals surface area contributed by atoms with Gasteiger partial charge in [0.25, 0.3) is 10.0 Å². The van der Waals surface area contributed by atoms with Crippen molar-refractivity contribution in [2.75, 3.05) is 10.0 Å². The van der Waals surface area contributed by atoms with Crippen molar-refractivity contribution < 1.29 is 13.2 Å². The van der Waals surface area contributed by atoms with Crippen molar-refractivity contribution in [2.45, 2.75) is 10.6 Å². The Bertz CT molecular complexity index is 1000. The molecule has 0 bridgehead atoms. The zero-order chi connectivity index (χ0) is 18.6. The number of hydrogen-bond donors (Lipinski definition) is 2. The normalized spacial score (nSPS) is 11.1. The van der Waals surface area contributed by atoms with Crippen LogP contribution < -0.4 is 10.0 Å². The molecule has 1 amide bonds. The second-order valence-corrected chi connectivity index (χ2v) is 9.24. The summed E-state index contributed by atoms with van der Waals surface area (Å²) in [6.45, 7) is 0. The summed E-state index contributed by atoms with van der Waals surface area (Å²) in [6.07, 6.45) is 0.199. The number of hydrogen-bond acceptors (Lipinski definition) is 4. The first kappa shape index (κ1) is 18.6. The highest BCUT2D eigenvalue weighted by Crippen LogP contribution is 2.21. The predicted octanol–water partition coefficient (Wildman–Crippen LogP) is 4.49. The van der Waals surface area contributed by atoms with E-state index in [1.54, 1.807) is 41.8 Å². The minimum Gasteiger partial charge on any atom is -0.326 e. The summed E-state index contributed by atoms with van der Waals surface area (Å²) in [7, 11) is -3.57. The number of rotatable bonds is 6. The van der Waals surface area contributed by atoms with Crippen molar-refractivity contribution in [2.24, 2.45) is 0 Å². The van der Waals surface area contributed by atoms with Gasteiger partial charge in [-0.25, -0.2) is 8.42 Å². The zero-order valence-electron chi connectivity index (χ0n) is 13.5. The fourth-order valence-corrected chi connectivity index (χ4v) is 4.72. The molecule has 26 heavy (non-hydrogen) atoms. The van der Waals surface area contributed by atoms with Crippen molar-refractivity contribution >= 4 is 54.6 Å². The average Bonchev–Trinajstić information content (AvgIpc) is 3.12. The third kappa shape index (κ3) is 4.94. The Morgan fingerprint density at radius 2 is 1.77 bits per heavy atom. The van der Waals surface area contributed by atoms with Crippen LogP contribution in [0.15, 0.2) is 74.7 Å². The molecule has 0 atom stereocenters. The Balaban J connectivity index is 1.62. The van der Waals surface area contributed by atoms with Gasteiger partial charge in [0.05, 0.1) is 6.42 Å². The molecule has 0 saturated carbocycles. The van der Waals surface area contributed by atoms with E-state index in [-0.39, 0.29) is 16.5 Å². The molecule has 3 rings (SSSR count). The SMILES string of the molecule is O=C(Cc1ccc(NS(=O)(=O)c2cccs2)cc1)Nc1cccc(Br)c1. The fraction of sp³-hybridized carbons (Fsp3) is 0.0556. The molecule has 1 heterocycles. The monoisotopic (exact) mass is 450 g/mol. The molecule has 3 aromatic rings. The molecule has 0 aliphatic rings. The predicted molar refractivity (Wildman–Crippen MR) is 108 cm³/mol. The van der Waals surface area contributed by atoms with E-state index < -0.39 is 10.0 Å². The van der Waals surface area contributed by atoms with Gasteiger partial charge in [0, 0.05) is 15.8 Å². The van der Waals surface area contributed by atoms with E-state index in [2.05, 4.69) is 26.0 Å². The highest BCUT2D eigenvalue weighted by molar-refractivity contribution is 9.10. The largest absolute Gasteiger partial charge is 0.326 e. The summed E-state index contributed by atoms with van der Waals surface area (Å²) in [5.74, 6) is -0.144. The van der Waals surface area contributed by atoms with Crippen LogP contribution in [0.1, 0.15) is 5.56 Å². The molecule has 0 aliphatic heterocycles. The number of thiophene rings is 1. The van der Waals surface area contributed by atoms with Crippen LogP contribution in [-0.4, -0.2) is 14.3 Å². The molecule has 0 aliphatic carbocycles. The molecule has 2 N–H and O–H groups in total. The van der Waals surface area contributed by atoms with Crippen LogP contribution in [0.5, 0.6) is 0 Å². The number of nitrogens with one attached hydrogen (secondary N) is 2. The van der Waals surface area contributed by atoms with E-state index in [0.717, 1.165) is 21.4 Å². The lowest BCUT2D eigenvalue weighted by Crippen LogP contribution is -2.14. The molecule has 0 radical (unpaired) electrons. The van der Waals surface area contributed by atoms with Crippen LogP contribution >= 0.6 is 27.3 Å². The topological polar surface area (TPSA) is 75.3 Å². The third-order valence-electron chi connectivity index (χ3n) is 3.44. The third-order valence-corrected chi connectivity index (χ3v) is 6.71. The molecule has 0 saturated heterocycles. The van der Waals surface area contributed by atoms with Crippen molar-refractivity contribution in [3.63, 3.8) is 0 Å². The summed E-state index contributed by atoms with van der Waals surface area (Å²) >= 11 is 4.51. The molecule has 0 spiro atoms. The summed E-state index contributed by atoms with van der Waals surface area (Å²) < 4.78 is 28.0. The van der Waals surface area contributed by atoms with Crippen molar-refractivity contribution in [1.82, 2.24) is 0 Å². The van der Waals surface area contributed by atoms with Gasteiger partial charge in [-0.3, -0.25) is 9.52 Å². The molecule has 5 nitrogen and oxygen atoms in total. The van der Waals surface area contributed by atoms with Gasteiger partial charge in [-0.05, 0) is 47.3 Å². The lowest BCUT2D eigenvalue weighted by Gasteiger charge is -2.08. The van der Waals surface area contributed by atoms with Crippen LogP contribution in [0.3, 0.4) is 0 Å². The Morgan fingerprint density at radius 1 is 1.00 bits per heavy atom. The van der Waals surface area contributed by atoms with E-state index in [9.17, 15) is 13.2 Å². The average molecular weight is 451 g/mol. The van der Waals surface area contributed by atoms with Crippen molar-refractivity contribution in [3.8, 4) is 0 Å². The number of carbonyl (C=O) groups excluding carboxylic acids is 1. The Hall–Kier alpha value is -2.16. The van der Waals surface area contributed by atoms with Gasteiger partial charge in [-0.15, -0.1) is 11.3 Å². The van der Waals surface area contributed by atoms with Crippen molar-refractivity contribution in [1.29, 1.82) is 0 Å². The number of anilines is 2. The van der Waals surface area contributed by atoms with Crippen LogP contribution in [0.2, 0.25) is 0 Å². The molecule has 0 unspecified atom stereocenters. The van der Waals surface area contributed by atoms with Crippen LogP contribution in [0.4, 0.5) is 11.4 Å². The molecular formula is C18H15BrN2O3S2. The maximum Gasteiger partial charge on any atom is 0.271 e. The van der Waals surface area contributed by atoms with Gasteiger partial charge in [-0.2, -0.15) is 0 Å². The Labute approximate surface area is 164 Å². The quantitative estimate of drug-likeness (QED) is 0.580. The number of halogens is 1. The van der Waals surface area contributed by atoms with Gasteiger partial charge < -0.3 is 5.32 Å². The number of sulfonamides is 1. The standard InChI is InChI=1S/C18H15BrN2O3S2/c19-14-3-1-4-16(12-14)20-17(22)11-13-6-8-15(9-7-13)21-26(23,24)18-5-2-10-25-18/h1-10,12,21H,11H2,(H,20,22). The first-order valence-corrected chi connectivity index (χ1v) is 10.8. The maximum absolute atomic E-state index is 12.2. The molecule has 8 heteroatoms. The van der Waals surface area contributed by atoms with E-state index in [4.69, 9.17) is 0 Å². The molecular weight excluding hydrogens is 436 g/mol. The first-order valence-electron chi connectivity index (χ1n) is 7.63. The Morgan fingerprint density at radius 3 is 2.42 bits per heavy atom. The highest BCUT2D eigenvalue weighted by atomic mass is 79.9. The summed E-state index contributed by atoms with van der Waals surface area (Å²) in [6, 6.07) is 17.3. The number of amides is 1. The molecule has 1 aromatic heterocycles. The first-order chi connectivity index (χ1) is 12.4.